The molecule has 0 amide bonds. The van der Waals surface area contributed by atoms with Gasteiger partial charge in [-0.15, -0.1) is 0 Å². The molecule has 1 aliphatic heterocycles. The zero-order valence-electron chi connectivity index (χ0n) is 6.00. The van der Waals surface area contributed by atoms with Gasteiger partial charge in [0.05, 0.1) is 18.8 Å². The lowest BCUT2D eigenvalue weighted by Crippen LogP contribution is -2.23. The Kier molecular flexibility index (Phi) is 2.09. The molecular formula is C7H14O2. The average Bonchev–Trinajstić information content (AvgIpc) is 2.15. The van der Waals surface area contributed by atoms with Crippen molar-refractivity contribution in [2.45, 2.75) is 32.5 Å². The van der Waals surface area contributed by atoms with Gasteiger partial charge >= 0.3 is 0 Å². The lowest BCUT2D eigenvalue weighted by molar-refractivity contribution is 0.0375. The van der Waals surface area contributed by atoms with Crippen molar-refractivity contribution in [3.8, 4) is 0 Å². The first kappa shape index (κ1) is 7.03. The molecule has 9 heavy (non-hydrogen) atoms. The smallest absolute Gasteiger partial charge is 0.0849 e. The molecule has 0 radical (unpaired) electrons. The lowest BCUT2D eigenvalue weighted by atomic mass is 10.0. The molecule has 0 saturated carbocycles. The first-order valence-corrected chi connectivity index (χ1v) is 3.55. The van der Waals surface area contributed by atoms with E-state index in [1.165, 1.54) is 0 Å². The fourth-order valence-electron chi connectivity index (χ4n) is 1.20. The fourth-order valence-corrected chi connectivity index (χ4v) is 1.20. The molecule has 0 aromatic heterocycles. The summed E-state index contributed by atoms with van der Waals surface area (Å²) in [5.41, 5.74) is 0. The minimum absolute atomic E-state index is 0.0972. The second-order valence-electron chi connectivity index (χ2n) is 2.75. The fraction of sp³-hybridized carbons (Fsp3) is 1.00. The first-order chi connectivity index (χ1) is 4.25. The predicted molar refractivity (Wildman–Crippen MR) is 35.2 cm³/mol. The van der Waals surface area contributed by atoms with Crippen LogP contribution in [0.2, 0.25) is 0 Å². The molecular weight excluding hydrogens is 116 g/mol. The van der Waals surface area contributed by atoms with Gasteiger partial charge in [0.25, 0.3) is 0 Å². The van der Waals surface area contributed by atoms with Crippen LogP contribution in [0.4, 0.5) is 0 Å². The predicted octanol–water partition coefficient (Wildman–Crippen LogP) is 0.792. The Labute approximate surface area is 55.8 Å². The molecule has 0 spiro atoms. The summed E-state index contributed by atoms with van der Waals surface area (Å²) >= 11 is 0. The highest BCUT2D eigenvalue weighted by Crippen LogP contribution is 2.21. The van der Waals surface area contributed by atoms with Crippen LogP contribution in [0.3, 0.4) is 0 Å². The normalized spacial score (nSPS) is 43.7. The van der Waals surface area contributed by atoms with E-state index in [1.54, 1.807) is 0 Å². The molecule has 0 aliphatic carbocycles. The van der Waals surface area contributed by atoms with Crippen LogP contribution in [-0.4, -0.2) is 23.9 Å². The van der Waals surface area contributed by atoms with Crippen LogP contribution >= 0.6 is 0 Å². The van der Waals surface area contributed by atoms with Crippen LogP contribution < -0.4 is 0 Å². The Morgan fingerprint density at radius 3 is 2.56 bits per heavy atom. The largest absolute Gasteiger partial charge is 0.390 e. The van der Waals surface area contributed by atoms with Crippen molar-refractivity contribution in [2.24, 2.45) is 5.92 Å². The Hall–Kier alpha value is -0.0800. The molecule has 2 heteroatoms. The van der Waals surface area contributed by atoms with E-state index in [9.17, 15) is 5.11 Å². The molecule has 1 rings (SSSR count). The molecule has 1 aliphatic rings. The van der Waals surface area contributed by atoms with Gasteiger partial charge in [-0.2, -0.15) is 0 Å². The number of ether oxygens (including phenoxy) is 1. The van der Waals surface area contributed by atoms with Crippen molar-refractivity contribution in [1.82, 2.24) is 0 Å². The van der Waals surface area contributed by atoms with Gasteiger partial charge in [-0.1, -0.05) is 13.8 Å². The molecule has 1 N–H and O–H groups in total. The van der Waals surface area contributed by atoms with E-state index in [1.807, 2.05) is 13.8 Å². The van der Waals surface area contributed by atoms with Gasteiger partial charge < -0.3 is 9.84 Å². The maximum atomic E-state index is 9.33. The quantitative estimate of drug-likeness (QED) is 0.568. The van der Waals surface area contributed by atoms with Crippen molar-refractivity contribution < 1.29 is 9.84 Å². The number of aliphatic hydroxyl groups is 1. The summed E-state index contributed by atoms with van der Waals surface area (Å²) in [5.74, 6) is 0.329. The van der Waals surface area contributed by atoms with E-state index >= 15 is 0 Å². The number of hydrogen-bond acceptors (Lipinski definition) is 2. The van der Waals surface area contributed by atoms with Crippen LogP contribution in [0.25, 0.3) is 0 Å². The topological polar surface area (TPSA) is 29.5 Å². The highest BCUT2D eigenvalue weighted by Gasteiger charge is 2.30. The van der Waals surface area contributed by atoms with Crippen molar-refractivity contribution in [3.05, 3.63) is 0 Å². The Morgan fingerprint density at radius 1 is 1.67 bits per heavy atom. The standard InChI is InChI=1S/C7H14O2/c1-3-6-7(8)5(2)4-9-6/h5-8H,3-4H2,1-2H3/t5-,6-,7+/m1/s1. The van der Waals surface area contributed by atoms with Crippen LogP contribution in [0.1, 0.15) is 20.3 Å². The van der Waals surface area contributed by atoms with Gasteiger partial charge in [0, 0.05) is 5.92 Å². The van der Waals surface area contributed by atoms with Crippen molar-refractivity contribution >= 4 is 0 Å². The third-order valence-electron chi connectivity index (χ3n) is 1.94. The van der Waals surface area contributed by atoms with E-state index in [2.05, 4.69) is 0 Å². The first-order valence-electron chi connectivity index (χ1n) is 3.55. The summed E-state index contributed by atoms with van der Waals surface area (Å²) in [6, 6.07) is 0. The zero-order chi connectivity index (χ0) is 6.85. The summed E-state index contributed by atoms with van der Waals surface area (Å²) in [6.07, 6.45) is 0.792. The second-order valence-corrected chi connectivity index (χ2v) is 2.75. The van der Waals surface area contributed by atoms with Gasteiger partial charge in [0.15, 0.2) is 0 Å². The van der Waals surface area contributed by atoms with E-state index in [0.29, 0.717) is 5.92 Å². The number of hydrogen-bond donors (Lipinski definition) is 1. The lowest BCUT2D eigenvalue weighted by Gasteiger charge is -2.11. The molecule has 1 fully saturated rings. The average molecular weight is 130 g/mol. The third-order valence-corrected chi connectivity index (χ3v) is 1.94. The van der Waals surface area contributed by atoms with Crippen molar-refractivity contribution in [2.75, 3.05) is 6.61 Å². The van der Waals surface area contributed by atoms with Crippen molar-refractivity contribution in [1.29, 1.82) is 0 Å². The van der Waals surface area contributed by atoms with E-state index in [-0.39, 0.29) is 12.2 Å². The second kappa shape index (κ2) is 2.67. The molecule has 0 unspecified atom stereocenters. The summed E-state index contributed by atoms with van der Waals surface area (Å²) in [6.45, 7) is 4.77. The molecule has 0 aromatic carbocycles. The minimum Gasteiger partial charge on any atom is -0.390 e. The van der Waals surface area contributed by atoms with E-state index in [0.717, 1.165) is 13.0 Å². The molecule has 1 saturated heterocycles. The maximum absolute atomic E-state index is 9.33. The van der Waals surface area contributed by atoms with Gasteiger partial charge in [-0.05, 0) is 6.42 Å². The summed E-state index contributed by atoms with van der Waals surface area (Å²) < 4.78 is 5.28. The van der Waals surface area contributed by atoms with Crippen LogP contribution in [-0.2, 0) is 4.74 Å². The monoisotopic (exact) mass is 130 g/mol. The minimum atomic E-state index is -0.227. The van der Waals surface area contributed by atoms with Crippen LogP contribution in [0.15, 0.2) is 0 Å². The molecule has 2 nitrogen and oxygen atoms in total. The third kappa shape index (κ3) is 1.25. The molecule has 54 valence electrons. The van der Waals surface area contributed by atoms with Gasteiger partial charge in [-0.3, -0.25) is 0 Å². The number of aliphatic hydroxyl groups excluding tert-OH is 1. The molecule has 1 heterocycles. The molecule has 0 bridgehead atoms. The maximum Gasteiger partial charge on any atom is 0.0849 e. The van der Waals surface area contributed by atoms with Crippen LogP contribution in [0, 0.1) is 5.92 Å². The number of rotatable bonds is 1. The van der Waals surface area contributed by atoms with E-state index in [4.69, 9.17) is 4.74 Å². The van der Waals surface area contributed by atoms with Gasteiger partial charge in [0.2, 0.25) is 0 Å². The molecule has 0 aromatic rings. The SMILES string of the molecule is CC[C@H]1OC[C@@H](C)[C@@H]1O. The van der Waals surface area contributed by atoms with Gasteiger partial charge in [0.1, 0.15) is 0 Å². The van der Waals surface area contributed by atoms with Gasteiger partial charge in [-0.25, -0.2) is 0 Å². The summed E-state index contributed by atoms with van der Waals surface area (Å²) in [5, 5.41) is 9.33. The Bertz CT molecular complexity index is 92.9. The van der Waals surface area contributed by atoms with Crippen LogP contribution in [0.5, 0.6) is 0 Å². The summed E-state index contributed by atoms with van der Waals surface area (Å²) in [7, 11) is 0. The highest BCUT2D eigenvalue weighted by molar-refractivity contribution is 4.79. The zero-order valence-corrected chi connectivity index (χ0v) is 6.00. The Morgan fingerprint density at radius 2 is 2.33 bits per heavy atom. The Balaban J connectivity index is 2.41. The molecule has 3 atom stereocenters. The highest BCUT2D eigenvalue weighted by atomic mass is 16.5. The van der Waals surface area contributed by atoms with E-state index < -0.39 is 0 Å². The van der Waals surface area contributed by atoms with Crippen molar-refractivity contribution in [3.63, 3.8) is 0 Å². The summed E-state index contributed by atoms with van der Waals surface area (Å²) in [4.78, 5) is 0.